The average molecular weight is 162 g/mol. The van der Waals surface area contributed by atoms with Crippen molar-refractivity contribution < 1.29 is 9.59 Å². The lowest BCUT2D eigenvalue weighted by molar-refractivity contribution is -0.121. The Labute approximate surface area is 68.6 Å². The number of hydrogen-bond donors (Lipinski definition) is 1. The Bertz CT molecular complexity index is 339. The van der Waals surface area contributed by atoms with Crippen molar-refractivity contribution >= 4 is 17.9 Å². The Morgan fingerprint density at radius 1 is 1.50 bits per heavy atom. The third-order valence-electron chi connectivity index (χ3n) is 1.84. The van der Waals surface area contributed by atoms with Gasteiger partial charge in [0.1, 0.15) is 12.2 Å². The molecule has 0 aromatic carbocycles. The molecule has 0 saturated heterocycles. The Morgan fingerprint density at radius 2 is 2.33 bits per heavy atom. The minimum atomic E-state index is -0.366. The van der Waals surface area contributed by atoms with Crippen LogP contribution in [-0.4, -0.2) is 17.9 Å². The fourth-order valence-corrected chi connectivity index (χ4v) is 1.20. The smallest absolute Gasteiger partial charge is 0.253 e. The van der Waals surface area contributed by atoms with Crippen LogP contribution in [0.5, 0.6) is 0 Å². The number of carbonyl (C=O) groups is 2. The zero-order valence-corrected chi connectivity index (χ0v) is 6.15. The number of hydrogen-bond acceptors (Lipinski definition) is 3. The molecule has 0 aromatic heterocycles. The summed E-state index contributed by atoms with van der Waals surface area (Å²) in [7, 11) is 0. The third kappa shape index (κ3) is 0.887. The van der Waals surface area contributed by atoms with Crippen molar-refractivity contribution in [3.63, 3.8) is 0 Å². The van der Waals surface area contributed by atoms with Gasteiger partial charge in [0.25, 0.3) is 5.91 Å². The van der Waals surface area contributed by atoms with Gasteiger partial charge >= 0.3 is 0 Å². The predicted octanol–water partition coefficient (Wildman–Crippen LogP) is -0.217. The number of nitrogens with zero attached hydrogens (tertiary/aromatic N) is 1. The van der Waals surface area contributed by atoms with Gasteiger partial charge in [-0.05, 0) is 6.08 Å². The van der Waals surface area contributed by atoms with Gasteiger partial charge in [0, 0.05) is 5.57 Å². The second-order valence-corrected chi connectivity index (χ2v) is 2.61. The number of rotatable bonds is 1. The van der Waals surface area contributed by atoms with Crippen LogP contribution in [-0.2, 0) is 9.59 Å². The molecule has 4 heteroatoms. The Hall–Kier alpha value is -1.71. The van der Waals surface area contributed by atoms with Crippen LogP contribution < -0.4 is 5.43 Å². The molecule has 4 nitrogen and oxygen atoms in total. The van der Waals surface area contributed by atoms with E-state index in [-0.39, 0.29) is 11.8 Å². The SMILES string of the molecule is O=CC1=CC2C(=O)NN=C2C=C1. The Kier molecular flexibility index (Phi) is 1.40. The summed E-state index contributed by atoms with van der Waals surface area (Å²) in [5.74, 6) is -0.538. The number of carbonyl (C=O) groups excluding carboxylic acids is 2. The summed E-state index contributed by atoms with van der Waals surface area (Å²) in [6, 6.07) is 0. The molecule has 1 heterocycles. The Morgan fingerprint density at radius 3 is 3.08 bits per heavy atom. The number of nitrogens with one attached hydrogen (secondary N) is 1. The van der Waals surface area contributed by atoms with Crippen molar-refractivity contribution in [3.05, 3.63) is 23.8 Å². The summed E-state index contributed by atoms with van der Waals surface area (Å²) >= 11 is 0. The highest BCUT2D eigenvalue weighted by atomic mass is 16.2. The first-order chi connectivity index (χ1) is 5.81. The quantitative estimate of drug-likeness (QED) is 0.542. The summed E-state index contributed by atoms with van der Waals surface area (Å²) in [6.45, 7) is 0. The van der Waals surface area contributed by atoms with Crippen LogP contribution >= 0.6 is 0 Å². The van der Waals surface area contributed by atoms with Crippen molar-refractivity contribution in [3.8, 4) is 0 Å². The van der Waals surface area contributed by atoms with Gasteiger partial charge in [0.05, 0.1) is 5.71 Å². The van der Waals surface area contributed by atoms with Crippen molar-refractivity contribution in [2.45, 2.75) is 0 Å². The van der Waals surface area contributed by atoms with E-state index in [0.717, 1.165) is 6.29 Å². The molecule has 0 bridgehead atoms. The molecule has 1 N–H and O–H groups in total. The lowest BCUT2D eigenvalue weighted by Gasteiger charge is -2.06. The number of amides is 1. The molecule has 0 aromatic rings. The second kappa shape index (κ2) is 2.41. The maximum Gasteiger partial charge on any atom is 0.253 e. The molecule has 1 aliphatic carbocycles. The lowest BCUT2D eigenvalue weighted by atomic mass is 9.95. The minimum Gasteiger partial charge on any atom is -0.298 e. The highest BCUT2D eigenvalue weighted by Crippen LogP contribution is 2.17. The number of aldehydes is 1. The topological polar surface area (TPSA) is 58.5 Å². The van der Waals surface area contributed by atoms with E-state index in [1.807, 2.05) is 0 Å². The largest absolute Gasteiger partial charge is 0.298 e. The van der Waals surface area contributed by atoms with Gasteiger partial charge in [-0.1, -0.05) is 12.2 Å². The summed E-state index contributed by atoms with van der Waals surface area (Å²) in [6.07, 6.45) is 5.64. The van der Waals surface area contributed by atoms with E-state index in [1.165, 1.54) is 0 Å². The molecule has 0 saturated carbocycles. The van der Waals surface area contributed by atoms with Crippen LogP contribution in [0, 0.1) is 5.92 Å². The molecule has 1 aliphatic heterocycles. The molecule has 0 spiro atoms. The number of allylic oxidation sites excluding steroid dienone is 3. The molecule has 12 heavy (non-hydrogen) atoms. The van der Waals surface area contributed by atoms with Crippen LogP contribution in [0.25, 0.3) is 0 Å². The standard InChI is InChI=1S/C8H6N2O2/c11-4-5-1-2-7-6(3-5)8(12)10-9-7/h1-4,6H,(H,10,12). The average Bonchev–Trinajstić information content (AvgIpc) is 2.47. The van der Waals surface area contributed by atoms with E-state index in [1.54, 1.807) is 18.2 Å². The third-order valence-corrected chi connectivity index (χ3v) is 1.84. The zero-order valence-electron chi connectivity index (χ0n) is 6.15. The maximum absolute atomic E-state index is 11.0. The van der Waals surface area contributed by atoms with Gasteiger partial charge in [0.15, 0.2) is 0 Å². The lowest BCUT2D eigenvalue weighted by Crippen LogP contribution is -2.22. The van der Waals surface area contributed by atoms with Crippen LogP contribution in [0.3, 0.4) is 0 Å². The Balaban J connectivity index is 2.37. The van der Waals surface area contributed by atoms with Gasteiger partial charge in [-0.15, -0.1) is 0 Å². The molecule has 1 unspecified atom stereocenters. The van der Waals surface area contributed by atoms with Crippen LogP contribution in [0.1, 0.15) is 0 Å². The van der Waals surface area contributed by atoms with Crippen molar-refractivity contribution in [1.82, 2.24) is 5.43 Å². The van der Waals surface area contributed by atoms with Crippen LogP contribution in [0.2, 0.25) is 0 Å². The highest BCUT2D eigenvalue weighted by molar-refractivity contribution is 6.16. The first kappa shape index (κ1) is 6.97. The van der Waals surface area contributed by atoms with Crippen molar-refractivity contribution in [2.24, 2.45) is 11.0 Å². The number of fused-ring (bicyclic) bond motifs is 1. The van der Waals surface area contributed by atoms with Gasteiger partial charge < -0.3 is 0 Å². The normalized spacial score (nSPS) is 25.7. The van der Waals surface area contributed by atoms with Gasteiger partial charge in [-0.3, -0.25) is 9.59 Å². The fraction of sp³-hybridized carbons (Fsp3) is 0.125. The first-order valence-corrected chi connectivity index (χ1v) is 3.54. The summed E-state index contributed by atoms with van der Waals surface area (Å²) in [4.78, 5) is 21.4. The summed E-state index contributed by atoms with van der Waals surface area (Å²) in [5.41, 5.74) is 3.54. The van der Waals surface area contributed by atoms with Crippen LogP contribution in [0.15, 0.2) is 28.9 Å². The molecule has 1 amide bonds. The van der Waals surface area contributed by atoms with E-state index in [4.69, 9.17) is 0 Å². The zero-order chi connectivity index (χ0) is 8.55. The second-order valence-electron chi connectivity index (χ2n) is 2.61. The molecule has 60 valence electrons. The molecular weight excluding hydrogens is 156 g/mol. The summed E-state index contributed by atoms with van der Waals surface area (Å²) < 4.78 is 0. The number of hydrazone groups is 1. The maximum atomic E-state index is 11.0. The van der Waals surface area contributed by atoms with E-state index in [2.05, 4.69) is 10.5 Å². The molecule has 0 fully saturated rings. The summed E-state index contributed by atoms with van der Waals surface area (Å²) in [5, 5.41) is 3.78. The molecule has 2 aliphatic rings. The first-order valence-electron chi connectivity index (χ1n) is 3.54. The molecule has 1 atom stereocenters. The highest BCUT2D eigenvalue weighted by Gasteiger charge is 2.28. The van der Waals surface area contributed by atoms with Crippen molar-refractivity contribution in [2.75, 3.05) is 0 Å². The van der Waals surface area contributed by atoms with Crippen molar-refractivity contribution in [1.29, 1.82) is 0 Å². The van der Waals surface area contributed by atoms with Gasteiger partial charge in [-0.2, -0.15) is 5.10 Å². The molecule has 0 radical (unpaired) electrons. The predicted molar refractivity (Wildman–Crippen MR) is 42.4 cm³/mol. The van der Waals surface area contributed by atoms with Gasteiger partial charge in [0.2, 0.25) is 0 Å². The van der Waals surface area contributed by atoms with E-state index < -0.39 is 0 Å². The molecule has 2 rings (SSSR count). The van der Waals surface area contributed by atoms with E-state index in [9.17, 15) is 9.59 Å². The van der Waals surface area contributed by atoms with E-state index in [0.29, 0.717) is 11.3 Å². The monoisotopic (exact) mass is 162 g/mol. The van der Waals surface area contributed by atoms with Crippen LogP contribution in [0.4, 0.5) is 0 Å². The van der Waals surface area contributed by atoms with E-state index >= 15 is 0 Å². The minimum absolute atomic E-state index is 0.172. The fourth-order valence-electron chi connectivity index (χ4n) is 1.20. The molecular formula is C8H6N2O2. The van der Waals surface area contributed by atoms with Gasteiger partial charge in [-0.25, -0.2) is 5.43 Å².